The van der Waals surface area contributed by atoms with Crippen molar-refractivity contribution in [1.29, 1.82) is 0 Å². The van der Waals surface area contributed by atoms with E-state index in [4.69, 9.17) is 4.42 Å². The van der Waals surface area contributed by atoms with E-state index in [0.717, 1.165) is 0 Å². The molecule has 24 heavy (non-hydrogen) atoms. The van der Waals surface area contributed by atoms with Crippen molar-refractivity contribution < 1.29 is 12.8 Å². The van der Waals surface area contributed by atoms with Gasteiger partial charge in [0.1, 0.15) is 27.8 Å². The highest BCUT2D eigenvalue weighted by atomic mass is 32.2. The molecular weight excluding hydrogens is 332 g/mol. The maximum absolute atomic E-state index is 12.5. The maximum Gasteiger partial charge on any atom is 0.290 e. The van der Waals surface area contributed by atoms with Crippen molar-refractivity contribution in [2.45, 2.75) is 31.7 Å². The van der Waals surface area contributed by atoms with Gasteiger partial charge in [0.25, 0.3) is 5.56 Å². The topological polar surface area (TPSA) is 98.6 Å². The van der Waals surface area contributed by atoms with E-state index in [9.17, 15) is 13.2 Å². The average molecular weight is 350 g/mol. The average Bonchev–Trinajstić information content (AvgIpc) is 3.16. The molecule has 0 aliphatic heterocycles. The molecule has 0 bridgehead atoms. The minimum atomic E-state index is -3.77. The second-order valence-corrected chi connectivity index (χ2v) is 7.23. The van der Waals surface area contributed by atoms with Crippen molar-refractivity contribution in [1.82, 2.24) is 18.9 Å². The Kier molecular flexibility index (Phi) is 4.06. The Bertz CT molecular complexity index is 1060. The summed E-state index contributed by atoms with van der Waals surface area (Å²) in [6, 6.07) is 4.83. The number of nitrogens with one attached hydrogen (secondary N) is 1. The third-order valence-electron chi connectivity index (χ3n) is 3.71. The van der Waals surface area contributed by atoms with Crippen molar-refractivity contribution in [3.63, 3.8) is 0 Å². The van der Waals surface area contributed by atoms with E-state index in [1.54, 1.807) is 26.1 Å². The first-order chi connectivity index (χ1) is 11.3. The van der Waals surface area contributed by atoms with Crippen LogP contribution in [-0.4, -0.2) is 22.6 Å². The third kappa shape index (κ3) is 2.87. The summed E-state index contributed by atoms with van der Waals surface area (Å²) in [6.07, 6.45) is 1.98. The Morgan fingerprint density at radius 3 is 2.71 bits per heavy atom. The highest BCUT2D eigenvalue weighted by Crippen LogP contribution is 2.15. The van der Waals surface area contributed by atoms with Crippen molar-refractivity contribution in [2.24, 2.45) is 7.05 Å². The molecule has 1 N–H and O–H groups in total. The third-order valence-corrected chi connectivity index (χ3v) is 5.08. The highest BCUT2D eigenvalue weighted by molar-refractivity contribution is 7.89. The van der Waals surface area contributed by atoms with Gasteiger partial charge in [-0.1, -0.05) is 6.92 Å². The van der Waals surface area contributed by atoms with Crippen LogP contribution in [0.25, 0.3) is 5.52 Å². The van der Waals surface area contributed by atoms with Crippen molar-refractivity contribution >= 4 is 15.5 Å². The largest absolute Gasteiger partial charge is 0.465 e. The molecule has 9 heteroatoms. The Morgan fingerprint density at radius 1 is 1.33 bits per heavy atom. The minimum Gasteiger partial charge on any atom is -0.465 e. The fourth-order valence-electron chi connectivity index (χ4n) is 2.47. The zero-order valence-corrected chi connectivity index (χ0v) is 14.4. The lowest BCUT2D eigenvalue weighted by Gasteiger charge is -2.04. The van der Waals surface area contributed by atoms with Crippen LogP contribution >= 0.6 is 0 Å². The lowest BCUT2D eigenvalue weighted by Crippen LogP contribution is -2.23. The Morgan fingerprint density at radius 2 is 2.08 bits per heavy atom. The van der Waals surface area contributed by atoms with Crippen LogP contribution in [0.4, 0.5) is 0 Å². The van der Waals surface area contributed by atoms with E-state index in [-0.39, 0.29) is 22.5 Å². The second-order valence-electron chi connectivity index (χ2n) is 5.47. The molecule has 0 atom stereocenters. The Labute approximate surface area is 138 Å². The summed E-state index contributed by atoms with van der Waals surface area (Å²) in [5.74, 6) is 1.84. The number of furan rings is 1. The first kappa shape index (κ1) is 16.5. The number of hydrogen-bond acceptors (Lipinski definition) is 5. The molecule has 128 valence electrons. The summed E-state index contributed by atoms with van der Waals surface area (Å²) in [5, 5.41) is 4.15. The first-order valence-corrected chi connectivity index (χ1v) is 8.93. The predicted octanol–water partition coefficient (Wildman–Crippen LogP) is 0.975. The van der Waals surface area contributed by atoms with Crippen LogP contribution in [0.5, 0.6) is 0 Å². The van der Waals surface area contributed by atoms with Gasteiger partial charge in [0.05, 0.1) is 6.54 Å². The van der Waals surface area contributed by atoms with Gasteiger partial charge in [-0.3, -0.25) is 9.20 Å². The summed E-state index contributed by atoms with van der Waals surface area (Å²) in [6.45, 7) is 3.71. The summed E-state index contributed by atoms with van der Waals surface area (Å²) >= 11 is 0. The van der Waals surface area contributed by atoms with Gasteiger partial charge in [-0.05, 0) is 25.1 Å². The predicted molar refractivity (Wildman–Crippen MR) is 87.3 cm³/mol. The Hall–Kier alpha value is -2.39. The summed E-state index contributed by atoms with van der Waals surface area (Å²) < 4.78 is 35.5. The SMILES string of the molecule is CCc1nn(C)c(=O)c2cc(S(=O)(=O)NCc3ccc(C)o3)cn12. The molecule has 0 unspecified atom stereocenters. The van der Waals surface area contributed by atoms with Gasteiger partial charge < -0.3 is 4.42 Å². The number of aromatic nitrogens is 3. The number of nitrogens with zero attached hydrogens (tertiary/aromatic N) is 3. The van der Waals surface area contributed by atoms with E-state index in [1.807, 2.05) is 6.92 Å². The van der Waals surface area contributed by atoms with Gasteiger partial charge in [0.15, 0.2) is 0 Å². The fraction of sp³-hybridized carbons (Fsp3) is 0.333. The lowest BCUT2D eigenvalue weighted by molar-refractivity contribution is 0.475. The van der Waals surface area contributed by atoms with E-state index in [0.29, 0.717) is 23.8 Å². The second kappa shape index (κ2) is 5.91. The molecule has 0 aliphatic carbocycles. The van der Waals surface area contributed by atoms with Crippen LogP contribution in [-0.2, 0) is 30.0 Å². The highest BCUT2D eigenvalue weighted by Gasteiger charge is 2.19. The minimum absolute atomic E-state index is 0.0191. The smallest absolute Gasteiger partial charge is 0.290 e. The molecule has 0 saturated carbocycles. The molecule has 0 radical (unpaired) electrons. The van der Waals surface area contributed by atoms with Gasteiger partial charge in [-0.2, -0.15) is 5.10 Å². The summed E-state index contributed by atoms with van der Waals surface area (Å²) in [7, 11) is -2.23. The van der Waals surface area contributed by atoms with Crippen LogP contribution in [0.15, 0.2) is 38.5 Å². The van der Waals surface area contributed by atoms with Crippen LogP contribution in [0.1, 0.15) is 24.3 Å². The molecular formula is C15H18N4O4S. The monoisotopic (exact) mass is 350 g/mol. The summed E-state index contributed by atoms with van der Waals surface area (Å²) in [4.78, 5) is 12.2. The molecule has 0 amide bonds. The van der Waals surface area contributed by atoms with E-state index in [1.165, 1.54) is 21.3 Å². The first-order valence-electron chi connectivity index (χ1n) is 7.45. The molecule has 3 aromatic rings. The molecule has 0 aliphatic rings. The quantitative estimate of drug-likeness (QED) is 0.739. The molecule has 3 aromatic heterocycles. The number of hydrogen-bond donors (Lipinski definition) is 1. The van der Waals surface area contributed by atoms with Crippen molar-refractivity contribution in [3.8, 4) is 0 Å². The van der Waals surface area contributed by atoms with Gasteiger partial charge in [0.2, 0.25) is 10.0 Å². The van der Waals surface area contributed by atoms with Crippen LogP contribution in [0.3, 0.4) is 0 Å². The molecule has 3 rings (SSSR count). The summed E-state index contributed by atoms with van der Waals surface area (Å²) in [5.41, 5.74) is -0.0751. The number of sulfonamides is 1. The van der Waals surface area contributed by atoms with Crippen molar-refractivity contribution in [3.05, 3.63) is 52.1 Å². The lowest BCUT2D eigenvalue weighted by atomic mass is 10.4. The van der Waals surface area contributed by atoms with E-state index >= 15 is 0 Å². The van der Waals surface area contributed by atoms with E-state index in [2.05, 4.69) is 9.82 Å². The molecule has 3 heterocycles. The van der Waals surface area contributed by atoms with Gasteiger partial charge >= 0.3 is 0 Å². The fourth-order valence-corrected chi connectivity index (χ4v) is 3.48. The molecule has 0 fully saturated rings. The standard InChI is InChI=1S/C15H18N4O4S/c1-4-14-17-18(3)15(20)13-7-12(9-19(13)14)24(21,22)16-8-11-6-5-10(2)23-11/h5-7,9,16H,4,8H2,1-3H3. The molecule has 0 saturated heterocycles. The number of fused-ring (bicyclic) bond motifs is 1. The van der Waals surface area contributed by atoms with Crippen LogP contribution < -0.4 is 10.3 Å². The van der Waals surface area contributed by atoms with Crippen molar-refractivity contribution in [2.75, 3.05) is 0 Å². The zero-order valence-electron chi connectivity index (χ0n) is 13.6. The van der Waals surface area contributed by atoms with Crippen LogP contribution in [0, 0.1) is 6.92 Å². The van der Waals surface area contributed by atoms with E-state index < -0.39 is 10.0 Å². The number of aryl methyl sites for hydroxylation is 3. The van der Waals surface area contributed by atoms with Gasteiger partial charge in [-0.25, -0.2) is 17.8 Å². The zero-order chi connectivity index (χ0) is 17.5. The van der Waals surface area contributed by atoms with Gasteiger partial charge in [0, 0.05) is 19.7 Å². The Balaban J connectivity index is 1.99. The van der Waals surface area contributed by atoms with Crippen LogP contribution in [0.2, 0.25) is 0 Å². The molecule has 8 nitrogen and oxygen atoms in total. The van der Waals surface area contributed by atoms with Gasteiger partial charge in [-0.15, -0.1) is 0 Å². The molecule has 0 aromatic carbocycles. The normalized spacial score (nSPS) is 12.1. The molecule has 0 spiro atoms. The maximum atomic E-state index is 12.5. The number of rotatable bonds is 5.